The molecule has 1 unspecified atom stereocenters. The summed E-state index contributed by atoms with van der Waals surface area (Å²) in [7, 11) is 1.48. The minimum Gasteiger partial charge on any atom is -0.405 e. The third kappa shape index (κ3) is 6.23. The van der Waals surface area contributed by atoms with Crippen molar-refractivity contribution in [2.45, 2.75) is 25.2 Å². The SMILES string of the molecule is COCCCc1sc(C(F)(F)F)nc1C(=N)O/C(N)=N/C1N=C(c2ccccc2)c2ccccc2NC1=O. The minimum atomic E-state index is -4.69. The van der Waals surface area contributed by atoms with Crippen LogP contribution < -0.4 is 11.1 Å². The highest BCUT2D eigenvalue weighted by Crippen LogP contribution is 2.35. The van der Waals surface area contributed by atoms with Gasteiger partial charge in [0.25, 0.3) is 11.9 Å². The number of aliphatic imine (C=N–C) groups is 2. The Hall–Kier alpha value is -4.10. The highest BCUT2D eigenvalue weighted by molar-refractivity contribution is 7.12. The van der Waals surface area contributed by atoms with Gasteiger partial charge in [-0.05, 0) is 18.9 Å². The van der Waals surface area contributed by atoms with E-state index in [0.717, 1.165) is 5.56 Å². The summed E-state index contributed by atoms with van der Waals surface area (Å²) in [6, 6.07) is 15.6. The molecule has 0 fully saturated rings. The lowest BCUT2D eigenvalue weighted by atomic mass is 10.0. The highest BCUT2D eigenvalue weighted by atomic mass is 32.1. The average molecular weight is 545 g/mol. The van der Waals surface area contributed by atoms with Crippen LogP contribution in [0.3, 0.4) is 0 Å². The number of ether oxygens (including phenoxy) is 2. The Bertz CT molecular complexity index is 1390. The molecule has 1 atom stereocenters. The average Bonchev–Trinajstić information content (AvgIpc) is 3.27. The molecule has 1 aliphatic heterocycles. The predicted octanol–water partition coefficient (Wildman–Crippen LogP) is 4.21. The highest BCUT2D eigenvalue weighted by Gasteiger charge is 2.37. The second-order valence-corrected chi connectivity index (χ2v) is 9.12. The number of alkyl halides is 3. The number of carbonyl (C=O) groups excluding carboxylic acids is 1. The Kier molecular flexibility index (Phi) is 8.17. The van der Waals surface area contributed by atoms with E-state index in [-0.39, 0.29) is 17.0 Å². The van der Waals surface area contributed by atoms with Crippen LogP contribution in [-0.2, 0) is 26.9 Å². The zero-order valence-electron chi connectivity index (χ0n) is 20.1. The van der Waals surface area contributed by atoms with E-state index in [1.807, 2.05) is 30.3 Å². The molecule has 0 saturated carbocycles. The van der Waals surface area contributed by atoms with Crippen molar-refractivity contribution in [3.05, 3.63) is 81.3 Å². The maximum Gasteiger partial charge on any atom is 0.443 e. The molecule has 9 nitrogen and oxygen atoms in total. The number of carbonyl (C=O) groups is 1. The standard InChI is InChI=1S/C25H23F3N6O3S/c1-36-13-7-12-17-19(33-23(38-17)25(26,27)28)20(29)37-24(30)34-21-22(35)31-16-11-6-5-10-15(16)18(32-21)14-8-3-2-4-9-14/h2-6,8-11,21,29H,7,12-13H2,1H3,(H2,30,34)(H,31,35). The van der Waals surface area contributed by atoms with Crippen molar-refractivity contribution in [3.63, 3.8) is 0 Å². The molecule has 198 valence electrons. The fourth-order valence-corrected chi connectivity index (χ4v) is 4.62. The number of rotatable bonds is 7. The molecule has 0 saturated heterocycles. The van der Waals surface area contributed by atoms with Crippen molar-refractivity contribution in [2.24, 2.45) is 15.7 Å². The number of fused-ring (bicyclic) bond motifs is 1. The van der Waals surface area contributed by atoms with Gasteiger partial charge in [0, 0.05) is 29.7 Å². The Balaban J connectivity index is 1.63. The lowest BCUT2D eigenvalue weighted by Crippen LogP contribution is -2.29. The van der Waals surface area contributed by atoms with E-state index in [1.54, 1.807) is 24.3 Å². The second kappa shape index (κ2) is 11.5. The van der Waals surface area contributed by atoms with Crippen LogP contribution in [0.4, 0.5) is 18.9 Å². The van der Waals surface area contributed by atoms with Gasteiger partial charge in [0.15, 0.2) is 5.01 Å². The number of aromatic nitrogens is 1. The van der Waals surface area contributed by atoms with Crippen molar-refractivity contribution in [1.29, 1.82) is 5.41 Å². The molecule has 1 amide bonds. The van der Waals surface area contributed by atoms with Crippen molar-refractivity contribution >= 4 is 40.6 Å². The van der Waals surface area contributed by atoms with Crippen LogP contribution in [-0.4, -0.2) is 48.4 Å². The van der Waals surface area contributed by atoms with Gasteiger partial charge in [0.1, 0.15) is 5.69 Å². The van der Waals surface area contributed by atoms with E-state index in [2.05, 4.69) is 20.3 Å². The van der Waals surface area contributed by atoms with Crippen LogP contribution in [0, 0.1) is 5.41 Å². The van der Waals surface area contributed by atoms with E-state index < -0.39 is 35.2 Å². The number of nitrogens with one attached hydrogen (secondary N) is 2. The first-order chi connectivity index (χ1) is 18.2. The zero-order valence-corrected chi connectivity index (χ0v) is 20.9. The molecule has 0 aliphatic carbocycles. The van der Waals surface area contributed by atoms with Crippen LogP contribution in [0.2, 0.25) is 0 Å². The van der Waals surface area contributed by atoms with Gasteiger partial charge in [-0.25, -0.2) is 9.98 Å². The Morgan fingerprint density at radius 1 is 1.18 bits per heavy atom. The summed E-state index contributed by atoms with van der Waals surface area (Å²) in [4.78, 5) is 25.2. The number of hydrogen-bond donors (Lipinski definition) is 3. The molecule has 1 aliphatic rings. The number of benzene rings is 2. The number of aryl methyl sites for hydroxylation is 1. The van der Waals surface area contributed by atoms with Gasteiger partial charge in [-0.2, -0.15) is 18.2 Å². The van der Waals surface area contributed by atoms with Gasteiger partial charge in [-0.1, -0.05) is 48.5 Å². The number of halogens is 3. The van der Waals surface area contributed by atoms with Crippen molar-refractivity contribution in [3.8, 4) is 0 Å². The summed E-state index contributed by atoms with van der Waals surface area (Å²) >= 11 is 0.423. The number of nitrogens with two attached hydrogens (primary N) is 1. The molecule has 3 aromatic rings. The quantitative estimate of drug-likeness (QED) is 0.233. The molecule has 4 rings (SSSR count). The van der Waals surface area contributed by atoms with Gasteiger partial charge >= 0.3 is 6.18 Å². The third-order valence-electron chi connectivity index (χ3n) is 5.34. The molecule has 2 aromatic carbocycles. The largest absolute Gasteiger partial charge is 0.443 e. The summed E-state index contributed by atoms with van der Waals surface area (Å²) in [5.74, 6) is -1.33. The van der Waals surface area contributed by atoms with Gasteiger partial charge in [0.05, 0.1) is 11.4 Å². The van der Waals surface area contributed by atoms with Crippen LogP contribution >= 0.6 is 11.3 Å². The second-order valence-electron chi connectivity index (χ2n) is 8.04. The molecule has 4 N–H and O–H groups in total. The number of benzodiazepines with no additional fused rings is 1. The number of nitrogens with zero attached hydrogens (tertiary/aromatic N) is 3. The Labute approximate surface area is 219 Å². The van der Waals surface area contributed by atoms with Crippen molar-refractivity contribution in [2.75, 3.05) is 19.0 Å². The lowest BCUT2D eigenvalue weighted by Gasteiger charge is -2.10. The van der Waals surface area contributed by atoms with Crippen molar-refractivity contribution < 1.29 is 27.4 Å². The maximum absolute atomic E-state index is 13.3. The first kappa shape index (κ1) is 26.9. The minimum absolute atomic E-state index is 0.188. The van der Waals surface area contributed by atoms with E-state index in [0.29, 0.717) is 41.3 Å². The number of methoxy groups -OCH3 is 1. The van der Waals surface area contributed by atoms with E-state index in [9.17, 15) is 18.0 Å². The molecule has 0 radical (unpaired) electrons. The number of anilines is 1. The summed E-state index contributed by atoms with van der Waals surface area (Å²) in [6.07, 6.45) is -5.46. The fraction of sp³-hybridized carbons (Fsp3) is 0.240. The van der Waals surface area contributed by atoms with Crippen molar-refractivity contribution in [1.82, 2.24) is 4.98 Å². The topological polar surface area (TPSA) is 135 Å². The first-order valence-electron chi connectivity index (χ1n) is 11.4. The molecule has 2 heterocycles. The van der Waals surface area contributed by atoms with E-state index >= 15 is 0 Å². The predicted molar refractivity (Wildman–Crippen MR) is 138 cm³/mol. The Morgan fingerprint density at radius 3 is 2.61 bits per heavy atom. The van der Waals surface area contributed by atoms with E-state index in [4.69, 9.17) is 20.6 Å². The summed E-state index contributed by atoms with van der Waals surface area (Å²) < 4.78 is 50.0. The van der Waals surface area contributed by atoms with Crippen LogP contribution in [0.15, 0.2) is 64.6 Å². The molecular weight excluding hydrogens is 521 g/mol. The normalized spacial score (nSPS) is 15.8. The number of amidine groups is 1. The fourth-order valence-electron chi connectivity index (χ4n) is 3.66. The Morgan fingerprint density at radius 2 is 1.89 bits per heavy atom. The summed E-state index contributed by atoms with van der Waals surface area (Å²) in [5.41, 5.74) is 7.97. The monoisotopic (exact) mass is 544 g/mol. The number of para-hydroxylation sites is 1. The molecule has 1 aromatic heterocycles. The maximum atomic E-state index is 13.3. The van der Waals surface area contributed by atoms with Gasteiger partial charge < -0.3 is 20.5 Å². The number of amides is 1. The zero-order chi connectivity index (χ0) is 27.3. The van der Waals surface area contributed by atoms with Gasteiger partial charge in [-0.15, -0.1) is 11.3 Å². The first-order valence-corrected chi connectivity index (χ1v) is 12.2. The van der Waals surface area contributed by atoms with Crippen LogP contribution in [0.1, 0.15) is 33.1 Å². The number of thiazole rings is 1. The smallest absolute Gasteiger partial charge is 0.405 e. The van der Waals surface area contributed by atoms with Crippen LogP contribution in [0.25, 0.3) is 0 Å². The molecule has 13 heteroatoms. The molecular formula is C25H23F3N6O3S. The molecule has 0 bridgehead atoms. The van der Waals surface area contributed by atoms with Crippen LogP contribution in [0.5, 0.6) is 0 Å². The molecule has 0 spiro atoms. The summed E-state index contributed by atoms with van der Waals surface area (Å²) in [5, 5.41) is 9.85. The molecule has 38 heavy (non-hydrogen) atoms. The van der Waals surface area contributed by atoms with Gasteiger partial charge in [0.2, 0.25) is 12.1 Å². The lowest BCUT2D eigenvalue weighted by molar-refractivity contribution is -0.137. The van der Waals surface area contributed by atoms with Gasteiger partial charge in [-0.3, -0.25) is 10.2 Å². The summed E-state index contributed by atoms with van der Waals surface area (Å²) in [6.45, 7) is 0.317. The van der Waals surface area contributed by atoms with E-state index in [1.165, 1.54) is 7.11 Å². The third-order valence-corrected chi connectivity index (χ3v) is 6.50. The number of hydrogen-bond acceptors (Lipinski definition) is 8.